The van der Waals surface area contributed by atoms with E-state index in [1.54, 1.807) is 0 Å². The largest absolute Gasteiger partial charge is 0.310 e. The molecule has 111 heavy (non-hydrogen) atoms. The summed E-state index contributed by atoms with van der Waals surface area (Å²) in [5.41, 5.74) is 34.8. The number of aromatic nitrogens is 2. The molecule has 1 unspecified atom stereocenters. The normalized spacial score (nSPS) is 13.3. The molecule has 0 amide bonds. The second kappa shape index (κ2) is 25.8. The maximum absolute atomic E-state index is 2.52. The predicted octanol–water partition coefficient (Wildman–Crippen LogP) is 28.7. The van der Waals surface area contributed by atoms with Crippen molar-refractivity contribution in [2.24, 2.45) is 0 Å². The van der Waals surface area contributed by atoms with Crippen LogP contribution in [0.3, 0.4) is 0 Å². The van der Waals surface area contributed by atoms with Crippen molar-refractivity contribution < 1.29 is 0 Å². The first-order valence-electron chi connectivity index (χ1n) is 38.4. The first kappa shape index (κ1) is 63.7. The summed E-state index contributed by atoms with van der Waals surface area (Å²) in [7, 11) is 0. The van der Waals surface area contributed by atoms with Crippen LogP contribution in [0, 0.1) is 0 Å². The molecule has 1 spiro atoms. The topological polar surface area (TPSA) is 16.3 Å². The molecule has 0 radical (unpaired) electrons. The van der Waals surface area contributed by atoms with Crippen molar-refractivity contribution in [3.05, 3.63) is 447 Å². The standard InChI is InChI=1S/C107H70N4/c1-5-23-71(24-6-1)73-43-53-84(54-44-73)108(85-55-45-74(46-56-85)72-25-7-2-8-26-72)87-34-21-29-77(65-87)80-52-64-105-97(68-80)94-60-49-81(69-106(94)111(105)83-32-11-4-12-33-83)79-50-62-100-95(66-79)91-37-16-19-40-99(91)107(100)98-39-18-15-36-90(98)92-61-59-88(70-101(92)107)109(102-42-22-28-76-27-13-14-35-89(76)102)86-57-47-75(48-58-86)78-51-63-104-96(67-78)93-38-17-20-41-103(93)110(104)82-30-9-3-10-31-82/h1-70H. The zero-order valence-corrected chi connectivity index (χ0v) is 60.7. The number of para-hydroxylation sites is 3. The lowest BCUT2D eigenvalue weighted by molar-refractivity contribution is 0.794. The third-order valence-corrected chi connectivity index (χ3v) is 23.5. The Morgan fingerprint density at radius 3 is 1.21 bits per heavy atom. The van der Waals surface area contributed by atoms with Crippen LogP contribution < -0.4 is 9.80 Å². The molecule has 1 atom stereocenters. The van der Waals surface area contributed by atoms with Crippen LogP contribution in [0.25, 0.3) is 144 Å². The molecule has 0 bridgehead atoms. The molecule has 4 nitrogen and oxygen atoms in total. The van der Waals surface area contributed by atoms with Gasteiger partial charge in [-0.2, -0.15) is 0 Å². The van der Waals surface area contributed by atoms with Crippen LogP contribution in [-0.2, 0) is 5.41 Å². The molecule has 4 heteroatoms. The molecule has 0 saturated carbocycles. The summed E-state index contributed by atoms with van der Waals surface area (Å²) in [4.78, 5) is 4.87. The van der Waals surface area contributed by atoms with Gasteiger partial charge in [-0.15, -0.1) is 0 Å². The smallest absolute Gasteiger partial charge is 0.0726 e. The Hall–Kier alpha value is -14.6. The zero-order chi connectivity index (χ0) is 73.1. The zero-order valence-electron chi connectivity index (χ0n) is 60.7. The minimum atomic E-state index is -0.607. The highest BCUT2D eigenvalue weighted by molar-refractivity contribution is 6.13. The van der Waals surface area contributed by atoms with Crippen molar-refractivity contribution in [3.63, 3.8) is 0 Å². The Morgan fingerprint density at radius 1 is 0.180 bits per heavy atom. The third kappa shape index (κ3) is 10.3. The van der Waals surface area contributed by atoms with Crippen molar-refractivity contribution in [2.45, 2.75) is 5.41 Å². The summed E-state index contributed by atoms with van der Waals surface area (Å²) in [6.07, 6.45) is 0. The van der Waals surface area contributed by atoms with Gasteiger partial charge in [0, 0.05) is 66.7 Å². The molecular weight excluding hydrogens is 1340 g/mol. The fraction of sp³-hybridized carbons (Fsp3) is 0.00935. The van der Waals surface area contributed by atoms with E-state index in [1.165, 1.54) is 121 Å². The number of fused-ring (bicyclic) bond motifs is 17. The van der Waals surface area contributed by atoms with E-state index in [0.29, 0.717) is 0 Å². The third-order valence-electron chi connectivity index (χ3n) is 23.5. The number of benzene rings is 18. The molecule has 0 saturated heterocycles. The molecule has 0 fully saturated rings. The van der Waals surface area contributed by atoms with E-state index in [0.717, 1.165) is 78.8 Å². The molecule has 2 aliphatic rings. The second-order valence-corrected chi connectivity index (χ2v) is 29.5. The summed E-state index contributed by atoms with van der Waals surface area (Å²) in [5.74, 6) is 0. The monoisotopic (exact) mass is 1410 g/mol. The summed E-state index contributed by atoms with van der Waals surface area (Å²) in [6, 6.07) is 157. The van der Waals surface area contributed by atoms with E-state index in [4.69, 9.17) is 0 Å². The molecule has 0 N–H and O–H groups in total. The molecule has 2 aromatic heterocycles. The number of hydrogen-bond donors (Lipinski definition) is 0. The quantitative estimate of drug-likeness (QED) is 0.114. The molecule has 22 rings (SSSR count). The van der Waals surface area contributed by atoms with Crippen LogP contribution in [0.2, 0.25) is 0 Å². The highest BCUT2D eigenvalue weighted by Crippen LogP contribution is 2.64. The predicted molar refractivity (Wildman–Crippen MR) is 465 cm³/mol. The Balaban J connectivity index is 0.646. The summed E-state index contributed by atoms with van der Waals surface area (Å²) < 4.78 is 4.84. The molecule has 518 valence electrons. The average Bonchev–Trinajstić information content (AvgIpc) is 1.51. The molecule has 2 heterocycles. The van der Waals surface area contributed by atoms with Crippen LogP contribution >= 0.6 is 0 Å². The minimum Gasteiger partial charge on any atom is -0.310 e. The lowest BCUT2D eigenvalue weighted by atomic mass is 9.70. The van der Waals surface area contributed by atoms with Crippen LogP contribution in [0.15, 0.2) is 425 Å². The first-order valence-corrected chi connectivity index (χ1v) is 38.4. The van der Waals surface area contributed by atoms with Gasteiger partial charge in [0.25, 0.3) is 0 Å². The summed E-state index contributed by atoms with van der Waals surface area (Å²) >= 11 is 0. The van der Waals surface area contributed by atoms with E-state index in [2.05, 4.69) is 444 Å². The Morgan fingerprint density at radius 2 is 0.568 bits per heavy atom. The fourth-order valence-electron chi connectivity index (χ4n) is 18.5. The Labute approximate surface area is 644 Å². The number of anilines is 6. The van der Waals surface area contributed by atoms with Gasteiger partial charge in [0.05, 0.1) is 33.2 Å². The molecule has 20 aromatic rings. The van der Waals surface area contributed by atoms with Crippen LogP contribution in [-0.4, -0.2) is 9.13 Å². The Kier molecular flexibility index (Phi) is 14.8. The maximum Gasteiger partial charge on any atom is 0.0726 e. The fourth-order valence-corrected chi connectivity index (χ4v) is 18.5. The SMILES string of the molecule is c1ccc(-c2ccc(N(c3ccc(-c4ccccc4)cc3)c3cccc(-c4ccc5c(c4)c4ccc(-c6ccc7c(c6)-c6ccccc6C76c7ccccc7-c7ccc(N(c8ccc(-c9ccc%10c(c9)c9ccccc9n%10-c9ccccc9)cc8)c8cccc9ccccc89)cc76)cc4n5-c4ccccc4)c3)cc2)cc1. The van der Waals surface area contributed by atoms with Gasteiger partial charge < -0.3 is 18.9 Å². The van der Waals surface area contributed by atoms with Gasteiger partial charge in [-0.25, -0.2) is 0 Å². The molecular formula is C107H70N4. The highest BCUT2D eigenvalue weighted by atomic mass is 15.1. The van der Waals surface area contributed by atoms with E-state index in [9.17, 15) is 0 Å². The number of nitrogens with zero attached hydrogens (tertiary/aromatic N) is 4. The molecule has 2 aliphatic carbocycles. The summed E-state index contributed by atoms with van der Waals surface area (Å²) in [5, 5.41) is 7.25. The highest BCUT2D eigenvalue weighted by Gasteiger charge is 2.52. The summed E-state index contributed by atoms with van der Waals surface area (Å²) in [6.45, 7) is 0. The second-order valence-electron chi connectivity index (χ2n) is 29.5. The van der Waals surface area contributed by atoms with Crippen molar-refractivity contribution in [1.82, 2.24) is 9.13 Å². The average molecular weight is 1410 g/mol. The Bertz CT molecular complexity index is 6950. The number of hydrogen-bond acceptors (Lipinski definition) is 2. The van der Waals surface area contributed by atoms with E-state index in [1.807, 2.05) is 0 Å². The molecule has 18 aromatic carbocycles. The van der Waals surface area contributed by atoms with Crippen molar-refractivity contribution >= 4 is 88.5 Å². The van der Waals surface area contributed by atoms with E-state index >= 15 is 0 Å². The van der Waals surface area contributed by atoms with Crippen LogP contribution in [0.1, 0.15) is 22.3 Å². The van der Waals surface area contributed by atoms with E-state index in [-0.39, 0.29) is 0 Å². The van der Waals surface area contributed by atoms with Crippen molar-refractivity contribution in [2.75, 3.05) is 9.80 Å². The minimum absolute atomic E-state index is 0.607. The molecule has 0 aliphatic heterocycles. The van der Waals surface area contributed by atoms with E-state index < -0.39 is 5.41 Å². The first-order chi connectivity index (χ1) is 55.0. The van der Waals surface area contributed by atoms with Gasteiger partial charge in [0.2, 0.25) is 0 Å². The maximum atomic E-state index is 2.52. The van der Waals surface area contributed by atoms with Gasteiger partial charge >= 0.3 is 0 Å². The van der Waals surface area contributed by atoms with Gasteiger partial charge in [-0.05, 0) is 239 Å². The van der Waals surface area contributed by atoms with Gasteiger partial charge in [0.1, 0.15) is 0 Å². The van der Waals surface area contributed by atoms with Gasteiger partial charge in [-0.3, -0.25) is 0 Å². The van der Waals surface area contributed by atoms with Crippen LogP contribution in [0.4, 0.5) is 34.1 Å². The lowest BCUT2D eigenvalue weighted by Crippen LogP contribution is -2.26. The van der Waals surface area contributed by atoms with Crippen LogP contribution in [0.5, 0.6) is 0 Å². The number of rotatable bonds is 13. The van der Waals surface area contributed by atoms with Gasteiger partial charge in [0.15, 0.2) is 0 Å². The van der Waals surface area contributed by atoms with Crippen molar-refractivity contribution in [3.8, 4) is 89.3 Å². The lowest BCUT2D eigenvalue weighted by Gasteiger charge is -2.32. The van der Waals surface area contributed by atoms with Gasteiger partial charge in [-0.1, -0.05) is 291 Å². The van der Waals surface area contributed by atoms with Crippen molar-refractivity contribution in [1.29, 1.82) is 0 Å².